The molecule has 1 aliphatic heterocycles. The smallest absolute Gasteiger partial charge is 0.251 e. The van der Waals surface area contributed by atoms with E-state index in [2.05, 4.69) is 22.0 Å². The molecule has 1 heterocycles. The lowest BCUT2D eigenvalue weighted by Gasteiger charge is -2.19. The molecule has 116 valence electrons. The molecule has 2 aliphatic carbocycles. The van der Waals surface area contributed by atoms with Crippen molar-refractivity contribution < 1.29 is 9.59 Å². The van der Waals surface area contributed by atoms with E-state index < -0.39 is 0 Å². The van der Waals surface area contributed by atoms with Gasteiger partial charge in [0.2, 0.25) is 5.91 Å². The van der Waals surface area contributed by atoms with Crippen molar-refractivity contribution in [3.05, 3.63) is 47.3 Å². The van der Waals surface area contributed by atoms with Crippen LogP contribution in [0.15, 0.2) is 47.3 Å². The maximum absolute atomic E-state index is 12.3. The molecule has 1 saturated carbocycles. The summed E-state index contributed by atoms with van der Waals surface area (Å²) >= 11 is 0. The number of hydrogen-bond acceptors (Lipinski definition) is 3. The van der Waals surface area contributed by atoms with Crippen molar-refractivity contribution in [2.24, 2.45) is 5.92 Å². The van der Waals surface area contributed by atoms with Crippen molar-refractivity contribution in [1.82, 2.24) is 16.0 Å². The summed E-state index contributed by atoms with van der Waals surface area (Å²) in [5.41, 5.74) is 1.79. The van der Waals surface area contributed by atoms with Crippen molar-refractivity contribution in [2.75, 3.05) is 6.54 Å². The summed E-state index contributed by atoms with van der Waals surface area (Å²) in [7, 11) is 0. The van der Waals surface area contributed by atoms with Gasteiger partial charge in [-0.15, -0.1) is 0 Å². The summed E-state index contributed by atoms with van der Waals surface area (Å²) in [5, 5.41) is 8.92. The molecule has 22 heavy (non-hydrogen) atoms. The van der Waals surface area contributed by atoms with E-state index in [9.17, 15) is 9.59 Å². The Hall–Kier alpha value is -2.30. The lowest BCUT2D eigenvalue weighted by Crippen LogP contribution is -2.38. The second kappa shape index (κ2) is 6.22. The van der Waals surface area contributed by atoms with Crippen LogP contribution in [0.3, 0.4) is 0 Å². The first-order valence-corrected chi connectivity index (χ1v) is 7.76. The molecule has 0 bridgehead atoms. The Morgan fingerprint density at radius 3 is 2.86 bits per heavy atom. The Labute approximate surface area is 130 Å². The first kappa shape index (κ1) is 14.6. The maximum Gasteiger partial charge on any atom is 0.251 e. The second-order valence-corrected chi connectivity index (χ2v) is 5.93. The maximum atomic E-state index is 12.3. The molecule has 3 aliphatic rings. The zero-order chi connectivity index (χ0) is 15.5. The van der Waals surface area contributed by atoms with Gasteiger partial charge in [0.25, 0.3) is 5.91 Å². The number of dihydropyridines is 1. The third-order valence-corrected chi connectivity index (χ3v) is 4.09. The highest BCUT2D eigenvalue weighted by molar-refractivity contribution is 5.97. The Kier molecular flexibility index (Phi) is 4.13. The highest BCUT2D eigenvalue weighted by Gasteiger charge is 2.30. The summed E-state index contributed by atoms with van der Waals surface area (Å²) in [6.45, 7) is 2.52. The lowest BCUT2D eigenvalue weighted by atomic mass is 10.1. The van der Waals surface area contributed by atoms with Gasteiger partial charge in [0, 0.05) is 24.1 Å². The van der Waals surface area contributed by atoms with Crippen LogP contribution in [0.25, 0.3) is 0 Å². The summed E-state index contributed by atoms with van der Waals surface area (Å²) < 4.78 is 0. The monoisotopic (exact) mass is 299 g/mol. The molecule has 0 aromatic heterocycles. The minimum absolute atomic E-state index is 0.0104. The third kappa shape index (κ3) is 3.47. The zero-order valence-electron chi connectivity index (χ0n) is 12.7. The average molecular weight is 299 g/mol. The van der Waals surface area contributed by atoms with Crippen molar-refractivity contribution in [3.8, 4) is 0 Å². The van der Waals surface area contributed by atoms with E-state index in [0.29, 0.717) is 17.9 Å². The number of carbonyl (C=O) groups excluding carboxylic acids is 2. The molecule has 0 saturated heterocycles. The number of nitrogens with one attached hydrogen (secondary N) is 3. The standard InChI is InChI=1S/C17H21N3O2/c1-11(12-4-2-3-5-12)19-17(22)14-8-9-18-15(10-14)20-16(21)13-6-7-13/h2-4,8,10-11,13,18H,5-7,9H2,1H3,(H,19,22)(H,20,21). The molecule has 5 nitrogen and oxygen atoms in total. The summed E-state index contributed by atoms with van der Waals surface area (Å²) in [4.78, 5) is 24.1. The van der Waals surface area contributed by atoms with E-state index >= 15 is 0 Å². The molecular formula is C17H21N3O2. The van der Waals surface area contributed by atoms with Crippen LogP contribution >= 0.6 is 0 Å². The van der Waals surface area contributed by atoms with E-state index in [-0.39, 0.29) is 23.8 Å². The van der Waals surface area contributed by atoms with Crippen molar-refractivity contribution in [2.45, 2.75) is 32.2 Å². The fourth-order valence-corrected chi connectivity index (χ4v) is 2.51. The molecule has 0 spiro atoms. The Morgan fingerprint density at radius 1 is 1.36 bits per heavy atom. The minimum Gasteiger partial charge on any atom is -0.368 e. The number of amides is 2. The van der Waals surface area contributed by atoms with Crippen molar-refractivity contribution in [1.29, 1.82) is 0 Å². The molecule has 1 unspecified atom stereocenters. The lowest BCUT2D eigenvalue weighted by molar-refractivity contribution is -0.122. The van der Waals surface area contributed by atoms with Crippen LogP contribution < -0.4 is 16.0 Å². The van der Waals surface area contributed by atoms with Crippen LogP contribution in [0.1, 0.15) is 26.2 Å². The van der Waals surface area contributed by atoms with Crippen LogP contribution in [0.5, 0.6) is 0 Å². The highest BCUT2D eigenvalue weighted by Crippen LogP contribution is 2.29. The van der Waals surface area contributed by atoms with Gasteiger partial charge in [0.1, 0.15) is 5.82 Å². The largest absolute Gasteiger partial charge is 0.368 e. The topological polar surface area (TPSA) is 70.2 Å². The first-order valence-electron chi connectivity index (χ1n) is 7.76. The van der Waals surface area contributed by atoms with E-state index in [4.69, 9.17) is 0 Å². The fraction of sp³-hybridized carbons (Fsp3) is 0.412. The predicted octanol–water partition coefficient (Wildman–Crippen LogP) is 1.27. The van der Waals surface area contributed by atoms with E-state index in [0.717, 1.165) is 19.3 Å². The molecule has 2 amide bonds. The van der Waals surface area contributed by atoms with Crippen LogP contribution in [0.2, 0.25) is 0 Å². The van der Waals surface area contributed by atoms with Gasteiger partial charge in [-0.3, -0.25) is 9.59 Å². The number of allylic oxidation sites excluding steroid dienone is 3. The highest BCUT2D eigenvalue weighted by atomic mass is 16.2. The molecule has 1 fully saturated rings. The first-order chi connectivity index (χ1) is 10.6. The summed E-state index contributed by atoms with van der Waals surface area (Å²) in [6.07, 6.45) is 12.5. The van der Waals surface area contributed by atoms with Gasteiger partial charge in [-0.25, -0.2) is 0 Å². The van der Waals surface area contributed by atoms with E-state index in [1.165, 1.54) is 5.57 Å². The van der Waals surface area contributed by atoms with Gasteiger partial charge in [-0.2, -0.15) is 0 Å². The van der Waals surface area contributed by atoms with Gasteiger partial charge in [0.05, 0.1) is 0 Å². The Morgan fingerprint density at radius 2 is 2.18 bits per heavy atom. The van der Waals surface area contributed by atoms with E-state index in [1.807, 2.05) is 25.2 Å². The molecule has 3 N–H and O–H groups in total. The molecular weight excluding hydrogens is 278 g/mol. The number of rotatable bonds is 5. The summed E-state index contributed by atoms with van der Waals surface area (Å²) in [6, 6.07) is 0.0104. The van der Waals surface area contributed by atoms with E-state index in [1.54, 1.807) is 6.08 Å². The molecule has 0 radical (unpaired) electrons. The predicted molar refractivity (Wildman–Crippen MR) is 84.5 cm³/mol. The zero-order valence-corrected chi connectivity index (χ0v) is 12.7. The van der Waals surface area contributed by atoms with Crippen LogP contribution in [-0.2, 0) is 9.59 Å². The minimum atomic E-state index is -0.111. The van der Waals surface area contributed by atoms with Crippen molar-refractivity contribution in [3.63, 3.8) is 0 Å². The fourth-order valence-electron chi connectivity index (χ4n) is 2.51. The Bertz CT molecular complexity index is 609. The van der Waals surface area contributed by atoms with Gasteiger partial charge in [0.15, 0.2) is 0 Å². The van der Waals surface area contributed by atoms with Gasteiger partial charge in [-0.05, 0) is 37.8 Å². The molecule has 0 aromatic rings. The quantitative estimate of drug-likeness (QED) is 0.716. The summed E-state index contributed by atoms with van der Waals surface area (Å²) in [5.74, 6) is 0.683. The SMILES string of the molecule is CC(NC(=O)C1=CCNC(NC(=O)C2CC2)=C1)C1=CC=CC1. The van der Waals surface area contributed by atoms with Gasteiger partial charge >= 0.3 is 0 Å². The van der Waals surface area contributed by atoms with Crippen molar-refractivity contribution >= 4 is 11.8 Å². The second-order valence-electron chi connectivity index (χ2n) is 5.93. The number of carbonyl (C=O) groups is 2. The molecule has 3 rings (SSSR count). The third-order valence-electron chi connectivity index (χ3n) is 4.09. The van der Waals surface area contributed by atoms with Crippen LogP contribution in [0.4, 0.5) is 0 Å². The molecule has 5 heteroatoms. The number of hydrogen-bond donors (Lipinski definition) is 3. The van der Waals surface area contributed by atoms with Crippen LogP contribution in [0, 0.1) is 5.92 Å². The normalized spacial score (nSPS) is 21.2. The average Bonchev–Trinajstić information content (AvgIpc) is 3.22. The molecule has 0 aromatic carbocycles. The Balaban J connectivity index is 1.58. The van der Waals surface area contributed by atoms with Gasteiger partial charge < -0.3 is 16.0 Å². The van der Waals surface area contributed by atoms with Crippen LogP contribution in [-0.4, -0.2) is 24.4 Å². The van der Waals surface area contributed by atoms with Gasteiger partial charge in [-0.1, -0.05) is 24.3 Å². The molecule has 1 atom stereocenters.